The lowest BCUT2D eigenvalue weighted by atomic mass is 10.1. The van der Waals surface area contributed by atoms with Crippen LogP contribution in [0.25, 0.3) is 31.9 Å². The summed E-state index contributed by atoms with van der Waals surface area (Å²) >= 11 is 1.71. The molecule has 0 fully saturated rings. The number of thiophene rings is 1. The molecule has 4 rings (SSSR count). The van der Waals surface area contributed by atoms with Crippen LogP contribution in [0.1, 0.15) is 12.0 Å². The van der Waals surface area contributed by atoms with Gasteiger partial charge in [-0.25, -0.2) is 4.98 Å². The normalized spacial score (nSPS) is 11.0. The number of benzene rings is 2. The average Bonchev–Trinajstić information content (AvgIpc) is 3.16. The topological polar surface area (TPSA) is 24.9 Å². The Labute approximate surface area is 162 Å². The number of alkyl halides is 1. The van der Waals surface area contributed by atoms with Crippen LogP contribution in [-0.4, -0.2) is 18.7 Å². The van der Waals surface area contributed by atoms with E-state index >= 15 is 0 Å². The molecule has 2 heterocycles. The second-order valence-electron chi connectivity index (χ2n) is 6.52. The SMILES string of the molecule is CNc1ccc(-c2ccc3cc(-c4ccc(CCCF)cc4)sc3n2)cc1. The maximum absolute atomic E-state index is 12.3. The standard InChI is InChI=1S/C23H21FN2S/c1-25-20-11-8-17(9-12-20)21-13-10-19-15-22(27-23(19)26-21)18-6-4-16(5-7-18)3-2-14-24/h4-13,15,25H,2-3,14H2,1H3. The number of hydrogen-bond donors (Lipinski definition) is 1. The van der Waals surface area contributed by atoms with E-state index in [1.807, 2.05) is 7.05 Å². The molecule has 27 heavy (non-hydrogen) atoms. The van der Waals surface area contributed by atoms with Gasteiger partial charge in [-0.05, 0) is 54.3 Å². The molecule has 0 amide bonds. The van der Waals surface area contributed by atoms with Gasteiger partial charge in [0.15, 0.2) is 0 Å². The van der Waals surface area contributed by atoms with Gasteiger partial charge >= 0.3 is 0 Å². The molecule has 0 spiro atoms. The minimum atomic E-state index is -0.260. The maximum atomic E-state index is 12.3. The van der Waals surface area contributed by atoms with Gasteiger partial charge in [-0.1, -0.05) is 36.4 Å². The molecule has 0 aliphatic heterocycles. The van der Waals surface area contributed by atoms with Crippen LogP contribution in [0.4, 0.5) is 10.1 Å². The molecular weight excluding hydrogens is 355 g/mol. The van der Waals surface area contributed by atoms with Gasteiger partial charge in [0.1, 0.15) is 4.83 Å². The minimum Gasteiger partial charge on any atom is -0.388 e. The molecule has 0 bridgehead atoms. The van der Waals surface area contributed by atoms with Gasteiger partial charge in [0, 0.05) is 28.6 Å². The van der Waals surface area contributed by atoms with E-state index in [1.54, 1.807) is 11.3 Å². The number of pyridine rings is 1. The minimum absolute atomic E-state index is 0.260. The molecule has 0 aliphatic rings. The number of hydrogen-bond acceptors (Lipinski definition) is 3. The summed E-state index contributed by atoms with van der Waals surface area (Å²) in [5.41, 5.74) is 5.56. The molecule has 0 atom stereocenters. The van der Waals surface area contributed by atoms with E-state index in [0.29, 0.717) is 6.42 Å². The van der Waals surface area contributed by atoms with Crippen molar-refractivity contribution in [2.24, 2.45) is 0 Å². The fourth-order valence-corrected chi connectivity index (χ4v) is 4.17. The highest BCUT2D eigenvalue weighted by Crippen LogP contribution is 2.34. The predicted molar refractivity (Wildman–Crippen MR) is 114 cm³/mol. The first-order valence-corrected chi connectivity index (χ1v) is 9.92. The van der Waals surface area contributed by atoms with E-state index in [0.717, 1.165) is 33.6 Å². The number of nitrogens with one attached hydrogen (secondary N) is 1. The first-order valence-electron chi connectivity index (χ1n) is 9.11. The fraction of sp³-hybridized carbons (Fsp3) is 0.174. The van der Waals surface area contributed by atoms with Crippen LogP contribution in [0.3, 0.4) is 0 Å². The zero-order valence-electron chi connectivity index (χ0n) is 15.2. The lowest BCUT2D eigenvalue weighted by Gasteiger charge is -2.03. The Hall–Kier alpha value is -2.72. The van der Waals surface area contributed by atoms with Crippen molar-refractivity contribution in [3.05, 3.63) is 72.3 Å². The fourth-order valence-electron chi connectivity index (χ4n) is 3.13. The smallest absolute Gasteiger partial charge is 0.124 e. The molecule has 4 heteroatoms. The Bertz CT molecular complexity index is 1040. The third-order valence-electron chi connectivity index (χ3n) is 4.69. The first kappa shape index (κ1) is 17.7. The molecule has 2 aromatic heterocycles. The Balaban J connectivity index is 1.62. The maximum Gasteiger partial charge on any atom is 0.124 e. The molecule has 2 aromatic carbocycles. The van der Waals surface area contributed by atoms with Crippen molar-refractivity contribution < 1.29 is 4.39 Å². The second kappa shape index (κ2) is 7.89. The van der Waals surface area contributed by atoms with Crippen molar-refractivity contribution in [2.75, 3.05) is 19.0 Å². The van der Waals surface area contributed by atoms with Crippen molar-refractivity contribution in [1.82, 2.24) is 4.98 Å². The average molecular weight is 376 g/mol. The van der Waals surface area contributed by atoms with Crippen LogP contribution in [0.15, 0.2) is 66.7 Å². The number of fused-ring (bicyclic) bond motifs is 1. The number of aryl methyl sites for hydroxylation is 1. The third-order valence-corrected chi connectivity index (χ3v) is 5.78. The molecule has 0 saturated carbocycles. The summed E-state index contributed by atoms with van der Waals surface area (Å²) in [7, 11) is 1.92. The number of rotatable bonds is 6. The van der Waals surface area contributed by atoms with Crippen molar-refractivity contribution in [3.63, 3.8) is 0 Å². The molecule has 0 saturated heterocycles. The molecule has 0 unspecified atom stereocenters. The van der Waals surface area contributed by atoms with E-state index in [2.05, 4.69) is 72.0 Å². The summed E-state index contributed by atoms with van der Waals surface area (Å²) in [5.74, 6) is 0. The van der Waals surface area contributed by atoms with Gasteiger partial charge in [-0.15, -0.1) is 11.3 Å². The van der Waals surface area contributed by atoms with Gasteiger partial charge in [0.2, 0.25) is 0 Å². The number of nitrogens with zero attached hydrogens (tertiary/aromatic N) is 1. The second-order valence-corrected chi connectivity index (χ2v) is 7.55. The van der Waals surface area contributed by atoms with Crippen molar-refractivity contribution in [2.45, 2.75) is 12.8 Å². The highest BCUT2D eigenvalue weighted by atomic mass is 32.1. The molecule has 1 N–H and O–H groups in total. The number of anilines is 1. The lowest BCUT2D eigenvalue weighted by molar-refractivity contribution is 0.473. The van der Waals surface area contributed by atoms with Crippen molar-refractivity contribution >= 4 is 27.2 Å². The summed E-state index contributed by atoms with van der Waals surface area (Å²) in [4.78, 5) is 7.11. The van der Waals surface area contributed by atoms with Gasteiger partial charge in [0.25, 0.3) is 0 Å². The Morgan fingerprint density at radius 3 is 2.37 bits per heavy atom. The van der Waals surface area contributed by atoms with Crippen LogP contribution in [-0.2, 0) is 6.42 Å². The van der Waals surface area contributed by atoms with E-state index < -0.39 is 0 Å². The third kappa shape index (κ3) is 3.86. The number of aromatic nitrogens is 1. The van der Waals surface area contributed by atoms with Gasteiger partial charge in [-0.3, -0.25) is 4.39 Å². The molecular formula is C23H21FN2S. The number of halogens is 1. The molecule has 136 valence electrons. The largest absolute Gasteiger partial charge is 0.388 e. The Kier molecular flexibility index (Phi) is 5.16. The summed E-state index contributed by atoms with van der Waals surface area (Å²) < 4.78 is 12.3. The summed E-state index contributed by atoms with van der Waals surface area (Å²) in [6.45, 7) is -0.260. The van der Waals surface area contributed by atoms with E-state index in [9.17, 15) is 4.39 Å². The molecule has 2 nitrogen and oxygen atoms in total. The van der Waals surface area contributed by atoms with E-state index in [1.165, 1.54) is 16.0 Å². The van der Waals surface area contributed by atoms with Crippen LogP contribution < -0.4 is 5.32 Å². The zero-order valence-corrected chi connectivity index (χ0v) is 16.0. The Morgan fingerprint density at radius 2 is 1.67 bits per heavy atom. The predicted octanol–water partition coefficient (Wildman–Crippen LogP) is 6.57. The summed E-state index contributed by atoms with van der Waals surface area (Å²) in [6.07, 6.45) is 1.38. The van der Waals surface area contributed by atoms with E-state index in [4.69, 9.17) is 4.98 Å². The van der Waals surface area contributed by atoms with Crippen LogP contribution in [0.5, 0.6) is 0 Å². The van der Waals surface area contributed by atoms with Gasteiger partial charge < -0.3 is 5.32 Å². The van der Waals surface area contributed by atoms with E-state index in [-0.39, 0.29) is 6.67 Å². The van der Waals surface area contributed by atoms with Crippen molar-refractivity contribution in [1.29, 1.82) is 0 Å². The highest BCUT2D eigenvalue weighted by Gasteiger charge is 2.08. The van der Waals surface area contributed by atoms with Gasteiger partial charge in [0.05, 0.1) is 12.4 Å². The molecule has 0 radical (unpaired) electrons. The van der Waals surface area contributed by atoms with Crippen LogP contribution >= 0.6 is 11.3 Å². The summed E-state index contributed by atoms with van der Waals surface area (Å²) in [6, 6.07) is 23.1. The quantitative estimate of drug-likeness (QED) is 0.411. The lowest BCUT2D eigenvalue weighted by Crippen LogP contribution is -1.87. The zero-order chi connectivity index (χ0) is 18.6. The summed E-state index contributed by atoms with van der Waals surface area (Å²) in [5, 5.41) is 4.29. The molecule has 4 aromatic rings. The molecule has 0 aliphatic carbocycles. The Morgan fingerprint density at radius 1 is 0.926 bits per heavy atom. The van der Waals surface area contributed by atoms with Gasteiger partial charge in [-0.2, -0.15) is 0 Å². The van der Waals surface area contributed by atoms with Crippen molar-refractivity contribution in [3.8, 4) is 21.7 Å². The van der Waals surface area contributed by atoms with Crippen LogP contribution in [0, 0.1) is 0 Å². The highest BCUT2D eigenvalue weighted by molar-refractivity contribution is 7.21. The monoisotopic (exact) mass is 376 g/mol. The van der Waals surface area contributed by atoms with Crippen LogP contribution in [0.2, 0.25) is 0 Å². The first-order chi connectivity index (χ1) is 13.3.